The van der Waals surface area contributed by atoms with Gasteiger partial charge in [0.2, 0.25) is 0 Å². The largest absolute Gasteiger partial charge is 0.456 e. The lowest BCUT2D eigenvalue weighted by molar-refractivity contribution is 0.669. The minimum atomic E-state index is 0.592. The normalized spacial score (nSPS) is 11.5. The molecule has 8 aromatic carbocycles. The van der Waals surface area contributed by atoms with E-state index in [-0.39, 0.29) is 0 Å². The van der Waals surface area contributed by atoms with Gasteiger partial charge < -0.3 is 13.9 Å². The molecular formula is C51H33N5O. The van der Waals surface area contributed by atoms with Gasteiger partial charge in [-0.05, 0) is 66.7 Å². The minimum absolute atomic E-state index is 0.592. The molecular weight excluding hydrogens is 699 g/mol. The lowest BCUT2D eigenvalue weighted by atomic mass is 10.0. The van der Waals surface area contributed by atoms with Crippen LogP contribution in [0.1, 0.15) is 0 Å². The molecule has 6 heteroatoms. The number of anilines is 3. The van der Waals surface area contributed by atoms with E-state index < -0.39 is 0 Å². The number of furan rings is 1. The molecule has 268 valence electrons. The molecule has 0 spiro atoms. The molecule has 0 saturated heterocycles. The maximum atomic E-state index is 6.69. The Labute approximate surface area is 328 Å². The predicted octanol–water partition coefficient (Wildman–Crippen LogP) is 13.3. The molecule has 0 fully saturated rings. The number of fused-ring (bicyclic) bond motifs is 6. The zero-order chi connectivity index (χ0) is 37.7. The molecule has 0 bridgehead atoms. The van der Waals surface area contributed by atoms with Gasteiger partial charge in [0.15, 0.2) is 17.5 Å². The van der Waals surface area contributed by atoms with E-state index in [2.05, 4.69) is 137 Å². The zero-order valence-electron chi connectivity index (χ0n) is 30.7. The van der Waals surface area contributed by atoms with Crippen LogP contribution >= 0.6 is 0 Å². The Bertz CT molecular complexity index is 3170. The van der Waals surface area contributed by atoms with E-state index in [9.17, 15) is 0 Å². The van der Waals surface area contributed by atoms with Crippen LogP contribution in [0.2, 0.25) is 0 Å². The van der Waals surface area contributed by atoms with Gasteiger partial charge in [0.1, 0.15) is 11.2 Å². The third-order valence-corrected chi connectivity index (χ3v) is 10.6. The van der Waals surface area contributed by atoms with Crippen LogP contribution in [-0.2, 0) is 0 Å². The number of nitrogens with zero attached hydrogens (tertiary/aromatic N) is 5. The van der Waals surface area contributed by atoms with E-state index in [1.54, 1.807) is 0 Å². The number of hydrogen-bond donors (Lipinski definition) is 0. The third kappa shape index (κ3) is 5.62. The number of para-hydroxylation sites is 3. The summed E-state index contributed by atoms with van der Waals surface area (Å²) in [6.45, 7) is 0. The molecule has 6 nitrogen and oxygen atoms in total. The number of aromatic nitrogens is 4. The van der Waals surface area contributed by atoms with Gasteiger partial charge in [0, 0.05) is 67.1 Å². The van der Waals surface area contributed by atoms with Crippen molar-refractivity contribution in [3.05, 3.63) is 200 Å². The minimum Gasteiger partial charge on any atom is -0.456 e. The van der Waals surface area contributed by atoms with E-state index in [1.165, 1.54) is 16.3 Å². The van der Waals surface area contributed by atoms with Gasteiger partial charge in [-0.2, -0.15) is 0 Å². The van der Waals surface area contributed by atoms with Crippen molar-refractivity contribution in [2.45, 2.75) is 0 Å². The van der Waals surface area contributed by atoms with Crippen LogP contribution in [0.4, 0.5) is 17.1 Å². The molecule has 0 aliphatic carbocycles. The molecule has 11 rings (SSSR count). The highest BCUT2D eigenvalue weighted by molar-refractivity contribution is 6.13. The van der Waals surface area contributed by atoms with Gasteiger partial charge in [-0.15, -0.1) is 0 Å². The fourth-order valence-electron chi connectivity index (χ4n) is 8.05. The van der Waals surface area contributed by atoms with Crippen molar-refractivity contribution in [2.75, 3.05) is 4.90 Å². The van der Waals surface area contributed by atoms with Crippen LogP contribution in [0.15, 0.2) is 205 Å². The lowest BCUT2D eigenvalue weighted by Crippen LogP contribution is -2.09. The van der Waals surface area contributed by atoms with Gasteiger partial charge in [-0.1, -0.05) is 127 Å². The molecule has 0 aliphatic heterocycles. The summed E-state index contributed by atoms with van der Waals surface area (Å²) in [5, 5.41) is 4.34. The van der Waals surface area contributed by atoms with E-state index in [0.29, 0.717) is 17.5 Å². The first-order valence-electron chi connectivity index (χ1n) is 19.0. The summed E-state index contributed by atoms with van der Waals surface area (Å²) in [6, 6.07) is 69.1. The highest BCUT2D eigenvalue weighted by Gasteiger charge is 2.21. The van der Waals surface area contributed by atoms with Crippen LogP contribution in [-0.4, -0.2) is 19.5 Å². The van der Waals surface area contributed by atoms with Gasteiger partial charge in [0.05, 0.1) is 11.0 Å². The van der Waals surface area contributed by atoms with Crippen LogP contribution in [0.25, 0.3) is 83.6 Å². The molecule has 3 aromatic heterocycles. The SMILES string of the molecule is c1ccc(-c2nc(-c3ccccc3)nc(-c3cccc4oc5cc(N(c6ccccc6)c6ccc7c(c6)c6ccccc6n7-c6ccccc6)ccc5c34)n2)cc1. The van der Waals surface area contributed by atoms with Gasteiger partial charge in [-0.3, -0.25) is 0 Å². The molecule has 0 unspecified atom stereocenters. The van der Waals surface area contributed by atoms with Crippen molar-refractivity contribution < 1.29 is 4.42 Å². The Morgan fingerprint density at radius 2 is 0.965 bits per heavy atom. The summed E-state index contributed by atoms with van der Waals surface area (Å²) in [5.41, 5.74) is 10.8. The molecule has 3 heterocycles. The highest BCUT2D eigenvalue weighted by Crippen LogP contribution is 2.43. The summed E-state index contributed by atoms with van der Waals surface area (Å²) >= 11 is 0. The fourth-order valence-corrected chi connectivity index (χ4v) is 8.05. The summed E-state index contributed by atoms with van der Waals surface area (Å²) in [4.78, 5) is 17.3. The smallest absolute Gasteiger partial charge is 0.164 e. The second-order valence-corrected chi connectivity index (χ2v) is 14.1. The Hall–Kier alpha value is -7.83. The van der Waals surface area contributed by atoms with Crippen molar-refractivity contribution in [3.63, 3.8) is 0 Å². The number of hydrogen-bond acceptors (Lipinski definition) is 5. The number of rotatable bonds is 7. The van der Waals surface area contributed by atoms with Gasteiger partial charge in [-0.25, -0.2) is 15.0 Å². The van der Waals surface area contributed by atoms with Gasteiger partial charge in [0.25, 0.3) is 0 Å². The summed E-state index contributed by atoms with van der Waals surface area (Å²) in [7, 11) is 0. The van der Waals surface area contributed by atoms with Crippen LogP contribution in [0.3, 0.4) is 0 Å². The second-order valence-electron chi connectivity index (χ2n) is 14.1. The molecule has 0 atom stereocenters. The molecule has 11 aromatic rings. The van der Waals surface area contributed by atoms with E-state index in [1.807, 2.05) is 72.8 Å². The topological polar surface area (TPSA) is 60.0 Å². The monoisotopic (exact) mass is 731 g/mol. The summed E-state index contributed by atoms with van der Waals surface area (Å²) < 4.78 is 9.03. The van der Waals surface area contributed by atoms with E-state index >= 15 is 0 Å². The quantitative estimate of drug-likeness (QED) is 0.163. The van der Waals surface area contributed by atoms with E-state index in [0.717, 1.165) is 66.9 Å². The fraction of sp³-hybridized carbons (Fsp3) is 0. The maximum Gasteiger partial charge on any atom is 0.164 e. The average Bonchev–Trinajstić information content (AvgIpc) is 3.83. The molecule has 0 saturated carbocycles. The standard InChI is InChI=1S/C51H33N5O/c1-5-16-34(17-6-1)49-52-50(35-18-7-2-8-19-35)54-51(53-49)42-25-15-27-46-48(42)41-30-28-39(33-47(41)57-46)55(36-20-9-3-10-21-36)38-29-31-45-43(32-38)40-24-13-14-26-44(40)56(45)37-22-11-4-12-23-37/h1-33H. The Kier molecular flexibility index (Phi) is 7.71. The second kappa shape index (κ2) is 13.5. The Balaban J connectivity index is 1.08. The van der Waals surface area contributed by atoms with Crippen LogP contribution in [0.5, 0.6) is 0 Å². The lowest BCUT2D eigenvalue weighted by Gasteiger charge is -2.25. The van der Waals surface area contributed by atoms with Crippen LogP contribution < -0.4 is 4.90 Å². The Morgan fingerprint density at radius 1 is 0.386 bits per heavy atom. The Morgan fingerprint density at radius 3 is 1.68 bits per heavy atom. The molecule has 0 aliphatic rings. The summed E-state index contributed by atoms with van der Waals surface area (Å²) in [5.74, 6) is 1.83. The van der Waals surface area contributed by atoms with Crippen molar-refractivity contribution in [1.29, 1.82) is 0 Å². The molecule has 0 radical (unpaired) electrons. The zero-order valence-corrected chi connectivity index (χ0v) is 30.7. The first kappa shape index (κ1) is 32.6. The molecule has 0 N–H and O–H groups in total. The number of benzene rings is 8. The first-order valence-corrected chi connectivity index (χ1v) is 19.0. The highest BCUT2D eigenvalue weighted by atomic mass is 16.3. The first-order chi connectivity index (χ1) is 28.3. The average molecular weight is 732 g/mol. The van der Waals surface area contributed by atoms with Crippen molar-refractivity contribution in [3.8, 4) is 39.9 Å². The molecule has 0 amide bonds. The maximum absolute atomic E-state index is 6.69. The summed E-state index contributed by atoms with van der Waals surface area (Å²) in [6.07, 6.45) is 0. The van der Waals surface area contributed by atoms with Crippen molar-refractivity contribution in [2.24, 2.45) is 0 Å². The van der Waals surface area contributed by atoms with Crippen molar-refractivity contribution in [1.82, 2.24) is 19.5 Å². The predicted molar refractivity (Wildman–Crippen MR) is 232 cm³/mol. The van der Waals surface area contributed by atoms with Crippen LogP contribution in [0, 0.1) is 0 Å². The van der Waals surface area contributed by atoms with E-state index in [4.69, 9.17) is 19.4 Å². The third-order valence-electron chi connectivity index (χ3n) is 10.6. The van der Waals surface area contributed by atoms with Gasteiger partial charge >= 0.3 is 0 Å². The molecule has 57 heavy (non-hydrogen) atoms. The van der Waals surface area contributed by atoms with Crippen molar-refractivity contribution >= 4 is 60.8 Å².